The fraction of sp³-hybridized carbons (Fsp3) is 0.0172. The molecule has 63 heavy (non-hydrogen) atoms. The smallest absolute Gasteiger partial charge is 0.0991 e. The molecule has 1 atom stereocenters. The molecule has 1 aliphatic carbocycles. The summed E-state index contributed by atoms with van der Waals surface area (Å²) in [6.07, 6.45) is 0. The number of nitriles is 3. The minimum Gasteiger partial charge on any atom is -0.309 e. The zero-order valence-electron chi connectivity index (χ0n) is 33.6. The Kier molecular flexibility index (Phi) is 7.07. The number of hydrogen-bond acceptors (Lipinski definition) is 3. The van der Waals surface area contributed by atoms with Crippen LogP contribution >= 0.6 is 0 Å². The van der Waals surface area contributed by atoms with Crippen LogP contribution in [0.25, 0.3) is 88.4 Å². The summed E-state index contributed by atoms with van der Waals surface area (Å²) in [6.45, 7) is 0. The summed E-state index contributed by atoms with van der Waals surface area (Å²) in [5, 5.41) is 33.6. The van der Waals surface area contributed by atoms with Crippen molar-refractivity contribution in [2.24, 2.45) is 0 Å². The predicted molar refractivity (Wildman–Crippen MR) is 251 cm³/mol. The van der Waals surface area contributed by atoms with Crippen LogP contribution < -0.4 is 0 Å². The highest BCUT2D eigenvalue weighted by molar-refractivity contribution is 6.15. The van der Waals surface area contributed by atoms with E-state index in [1.54, 1.807) is 0 Å². The van der Waals surface area contributed by atoms with Crippen molar-refractivity contribution in [1.82, 2.24) is 9.13 Å². The molecule has 0 saturated carbocycles. The molecule has 9 aromatic carbocycles. The first-order valence-electron chi connectivity index (χ1n) is 21.0. The maximum atomic E-state index is 9.75. The van der Waals surface area contributed by atoms with Crippen LogP contribution in [-0.2, 0) is 5.41 Å². The molecular weight excluding hydrogens is 767 g/mol. The molecule has 288 valence electrons. The van der Waals surface area contributed by atoms with Crippen LogP contribution in [0.1, 0.15) is 38.9 Å². The number of para-hydroxylation sites is 3. The summed E-state index contributed by atoms with van der Waals surface area (Å²) in [7, 11) is 0. The van der Waals surface area contributed by atoms with Gasteiger partial charge in [-0.2, -0.15) is 15.8 Å². The highest BCUT2D eigenvalue weighted by atomic mass is 15.0. The summed E-state index contributed by atoms with van der Waals surface area (Å²) in [5.41, 5.74) is 19.3. The molecule has 0 fully saturated rings. The Bertz CT molecular complexity index is 3920. The zero-order valence-corrected chi connectivity index (χ0v) is 33.6. The molecule has 11 aromatic rings. The van der Waals surface area contributed by atoms with E-state index in [2.05, 4.69) is 155 Å². The van der Waals surface area contributed by atoms with Gasteiger partial charge in [-0.3, -0.25) is 0 Å². The minimum absolute atomic E-state index is 0.611. The third kappa shape index (κ3) is 4.62. The first-order valence-corrected chi connectivity index (χ1v) is 21.0. The van der Waals surface area contributed by atoms with Crippen molar-refractivity contribution < 1.29 is 0 Å². The average Bonchev–Trinajstić information content (AvgIpc) is 3.96. The number of nitrogens with zero attached hydrogens (tertiary/aromatic N) is 5. The summed E-state index contributed by atoms with van der Waals surface area (Å²) in [4.78, 5) is 0. The van der Waals surface area contributed by atoms with Gasteiger partial charge in [0.1, 0.15) is 0 Å². The van der Waals surface area contributed by atoms with Crippen molar-refractivity contribution in [3.05, 3.63) is 227 Å². The largest absolute Gasteiger partial charge is 0.309 e. The van der Waals surface area contributed by atoms with Gasteiger partial charge in [-0.05, 0) is 147 Å². The Balaban J connectivity index is 1.19. The van der Waals surface area contributed by atoms with E-state index >= 15 is 0 Å². The van der Waals surface area contributed by atoms with E-state index in [4.69, 9.17) is 0 Å². The average molecular weight is 798 g/mol. The van der Waals surface area contributed by atoms with E-state index < -0.39 is 5.41 Å². The standard InChI is InChI=1S/C58H31N5/c59-32-35-12-18-38(19-13-35)40-23-27-54-47(28-40)48-30-52-46(31-56(48)62(54)42-24-16-37(34-61)17-25-42)43-26-22-41(39-20-14-36(33-60)15-21-39)29-51(43)58(52)49-8-2-4-11-55(49)63-53-10-3-1-6-44(53)45-7-5-9-50(58)57(45)63/h1-31H. The van der Waals surface area contributed by atoms with Crippen LogP contribution in [0.3, 0.4) is 0 Å². The van der Waals surface area contributed by atoms with Crippen molar-refractivity contribution in [3.63, 3.8) is 0 Å². The highest BCUT2D eigenvalue weighted by Crippen LogP contribution is 2.62. The van der Waals surface area contributed by atoms with Gasteiger partial charge in [0.2, 0.25) is 0 Å². The van der Waals surface area contributed by atoms with Gasteiger partial charge < -0.3 is 9.13 Å². The van der Waals surface area contributed by atoms with Crippen molar-refractivity contribution >= 4 is 43.6 Å². The van der Waals surface area contributed by atoms with E-state index in [-0.39, 0.29) is 0 Å². The second kappa shape index (κ2) is 12.8. The third-order valence-electron chi connectivity index (χ3n) is 13.6. The number of benzene rings is 9. The molecule has 0 bridgehead atoms. The molecule has 0 N–H and O–H groups in total. The van der Waals surface area contributed by atoms with E-state index in [0.29, 0.717) is 16.7 Å². The molecule has 0 radical (unpaired) electrons. The van der Waals surface area contributed by atoms with Crippen LogP contribution in [-0.4, -0.2) is 9.13 Å². The molecule has 1 spiro atoms. The van der Waals surface area contributed by atoms with Gasteiger partial charge in [0.05, 0.1) is 68.1 Å². The van der Waals surface area contributed by atoms with Crippen LogP contribution in [0.5, 0.6) is 0 Å². The van der Waals surface area contributed by atoms with Crippen LogP contribution in [0, 0.1) is 34.0 Å². The quantitative estimate of drug-likeness (QED) is 0.178. The number of fused-ring (bicyclic) bond motifs is 15. The second-order valence-electron chi connectivity index (χ2n) is 16.6. The van der Waals surface area contributed by atoms with E-state index in [0.717, 1.165) is 55.4 Å². The van der Waals surface area contributed by atoms with Crippen LogP contribution in [0.4, 0.5) is 0 Å². The Morgan fingerprint density at radius 2 is 0.905 bits per heavy atom. The molecule has 1 unspecified atom stereocenters. The van der Waals surface area contributed by atoms with Crippen molar-refractivity contribution in [2.45, 2.75) is 5.41 Å². The van der Waals surface area contributed by atoms with Gasteiger partial charge in [0.25, 0.3) is 0 Å². The molecular formula is C58H31N5. The van der Waals surface area contributed by atoms with Gasteiger partial charge in [0.15, 0.2) is 0 Å². The van der Waals surface area contributed by atoms with E-state index in [1.807, 2.05) is 60.7 Å². The zero-order chi connectivity index (χ0) is 42.0. The van der Waals surface area contributed by atoms with Gasteiger partial charge >= 0.3 is 0 Å². The molecule has 5 nitrogen and oxygen atoms in total. The normalized spacial score (nSPS) is 14.4. The maximum absolute atomic E-state index is 9.75. The first-order chi connectivity index (χ1) is 31.1. The highest BCUT2D eigenvalue weighted by Gasteiger charge is 2.51. The predicted octanol–water partition coefficient (Wildman–Crippen LogP) is 13.5. The maximum Gasteiger partial charge on any atom is 0.0991 e. The van der Waals surface area contributed by atoms with Gasteiger partial charge in [0, 0.05) is 27.2 Å². The van der Waals surface area contributed by atoms with Crippen LogP contribution in [0.2, 0.25) is 0 Å². The summed E-state index contributed by atoms with van der Waals surface area (Å²) in [5.74, 6) is 0. The van der Waals surface area contributed by atoms with Crippen LogP contribution in [0.15, 0.2) is 188 Å². The Labute approximate surface area is 362 Å². The Hall–Kier alpha value is -8.95. The van der Waals surface area contributed by atoms with Gasteiger partial charge in [-0.25, -0.2) is 0 Å². The van der Waals surface area contributed by atoms with Crippen molar-refractivity contribution in [1.29, 1.82) is 15.8 Å². The lowest BCUT2D eigenvalue weighted by Gasteiger charge is -2.39. The molecule has 13 rings (SSSR count). The van der Waals surface area contributed by atoms with Gasteiger partial charge in [-0.1, -0.05) is 97.1 Å². The SMILES string of the molecule is N#Cc1ccc(-c2ccc3c(c2)C2(c4cc5c6cc(-c7ccc(C#N)cc7)ccc6n(-c6ccc(C#N)cc6)c5cc4-3)c3ccccc3-n3c4ccccc4c4cccc2c43)cc1. The number of rotatable bonds is 3. The molecule has 3 heterocycles. The van der Waals surface area contributed by atoms with Crippen molar-refractivity contribution in [3.8, 4) is 63.0 Å². The monoisotopic (exact) mass is 797 g/mol. The topological polar surface area (TPSA) is 81.2 Å². The summed E-state index contributed by atoms with van der Waals surface area (Å²) < 4.78 is 4.81. The second-order valence-corrected chi connectivity index (χ2v) is 16.6. The fourth-order valence-corrected chi connectivity index (χ4v) is 10.9. The van der Waals surface area contributed by atoms with E-state index in [1.165, 1.54) is 55.2 Å². The first kappa shape index (κ1) is 34.9. The molecule has 2 aromatic heterocycles. The van der Waals surface area contributed by atoms with Crippen molar-refractivity contribution in [2.75, 3.05) is 0 Å². The van der Waals surface area contributed by atoms with Gasteiger partial charge in [-0.15, -0.1) is 0 Å². The Morgan fingerprint density at radius 1 is 0.349 bits per heavy atom. The minimum atomic E-state index is -0.699. The summed E-state index contributed by atoms with van der Waals surface area (Å²) >= 11 is 0. The van der Waals surface area contributed by atoms with E-state index in [9.17, 15) is 15.8 Å². The third-order valence-corrected chi connectivity index (χ3v) is 13.6. The fourth-order valence-electron chi connectivity index (χ4n) is 10.9. The summed E-state index contributed by atoms with van der Waals surface area (Å²) in [6, 6.07) is 73.3. The molecule has 0 amide bonds. The Morgan fingerprint density at radius 3 is 1.63 bits per heavy atom. The number of aromatic nitrogens is 2. The molecule has 2 aliphatic rings. The molecule has 5 heteroatoms. The lowest BCUT2D eigenvalue weighted by Crippen LogP contribution is -2.33. The molecule has 1 aliphatic heterocycles. The number of hydrogen-bond donors (Lipinski definition) is 0. The lowest BCUT2D eigenvalue weighted by molar-refractivity contribution is 0.749. The molecule has 0 saturated heterocycles. The lowest BCUT2D eigenvalue weighted by atomic mass is 9.65.